The van der Waals surface area contributed by atoms with Gasteiger partial charge in [-0.1, -0.05) is 12.1 Å². The number of amides is 1. The number of nitrogens with one attached hydrogen (secondary N) is 1. The number of fused-ring (bicyclic) bond motifs is 1. The molecule has 0 aliphatic rings. The SMILES string of the molecule is CC(C)Oc1ccc2cc(C(=O)Nc3ccc(CN)cc3)c(=O)oc2c1OC(C)C. The summed E-state index contributed by atoms with van der Waals surface area (Å²) in [5.74, 6) is 0.268. The maximum absolute atomic E-state index is 12.7. The van der Waals surface area contributed by atoms with Crippen molar-refractivity contribution in [2.24, 2.45) is 5.73 Å². The zero-order valence-corrected chi connectivity index (χ0v) is 17.5. The molecule has 0 saturated carbocycles. The summed E-state index contributed by atoms with van der Waals surface area (Å²) in [5.41, 5.74) is 6.47. The summed E-state index contributed by atoms with van der Waals surface area (Å²) in [5, 5.41) is 3.26. The minimum absolute atomic E-state index is 0.0839. The topological polar surface area (TPSA) is 104 Å². The molecule has 1 amide bonds. The van der Waals surface area contributed by atoms with Crippen LogP contribution in [0, 0.1) is 0 Å². The summed E-state index contributed by atoms with van der Waals surface area (Å²) < 4.78 is 17.2. The first-order valence-corrected chi connectivity index (χ1v) is 9.83. The molecule has 1 aromatic heterocycles. The van der Waals surface area contributed by atoms with Crippen molar-refractivity contribution in [2.45, 2.75) is 46.4 Å². The fourth-order valence-electron chi connectivity index (χ4n) is 2.92. The quantitative estimate of drug-likeness (QED) is 0.569. The van der Waals surface area contributed by atoms with Gasteiger partial charge in [-0.3, -0.25) is 4.79 Å². The van der Waals surface area contributed by atoms with Crippen LogP contribution in [-0.2, 0) is 6.54 Å². The van der Waals surface area contributed by atoms with Crippen LogP contribution in [0.5, 0.6) is 11.5 Å². The molecule has 7 nitrogen and oxygen atoms in total. The molecule has 1 heterocycles. The third-order valence-corrected chi connectivity index (χ3v) is 4.23. The standard InChI is InChI=1S/C23H26N2O5/c1-13(2)28-19-10-7-16-11-18(23(27)30-20(16)21(19)29-14(3)4)22(26)25-17-8-5-15(12-24)6-9-17/h5-11,13-14H,12,24H2,1-4H3,(H,25,26). The number of benzene rings is 2. The Morgan fingerprint density at radius 2 is 1.70 bits per heavy atom. The van der Waals surface area contributed by atoms with Gasteiger partial charge in [0.1, 0.15) is 5.56 Å². The van der Waals surface area contributed by atoms with Crippen LogP contribution in [0.25, 0.3) is 11.0 Å². The Hall–Kier alpha value is -3.32. The summed E-state index contributed by atoms with van der Waals surface area (Å²) in [7, 11) is 0. The van der Waals surface area contributed by atoms with Crippen molar-refractivity contribution in [2.75, 3.05) is 5.32 Å². The number of nitrogens with two attached hydrogens (primary N) is 1. The summed E-state index contributed by atoms with van der Waals surface area (Å²) in [6.07, 6.45) is -0.241. The first-order chi connectivity index (χ1) is 14.3. The Kier molecular flexibility index (Phi) is 6.42. The molecule has 0 aliphatic carbocycles. The van der Waals surface area contributed by atoms with E-state index in [0.717, 1.165) is 5.56 Å². The number of carbonyl (C=O) groups excluding carboxylic acids is 1. The Labute approximate surface area is 174 Å². The van der Waals surface area contributed by atoms with E-state index in [2.05, 4.69) is 5.32 Å². The van der Waals surface area contributed by atoms with Crippen LogP contribution >= 0.6 is 0 Å². The normalized spacial score (nSPS) is 11.2. The highest BCUT2D eigenvalue weighted by atomic mass is 16.5. The van der Waals surface area contributed by atoms with Crippen molar-refractivity contribution in [3.05, 3.63) is 64.0 Å². The van der Waals surface area contributed by atoms with Crippen molar-refractivity contribution >= 4 is 22.6 Å². The highest BCUT2D eigenvalue weighted by Gasteiger charge is 2.20. The van der Waals surface area contributed by atoms with Gasteiger partial charge in [0.15, 0.2) is 11.3 Å². The Bertz CT molecular complexity index is 1100. The van der Waals surface area contributed by atoms with Gasteiger partial charge in [0, 0.05) is 17.6 Å². The summed E-state index contributed by atoms with van der Waals surface area (Å²) in [4.78, 5) is 25.3. The minimum atomic E-state index is -0.756. The van der Waals surface area contributed by atoms with Gasteiger partial charge in [-0.2, -0.15) is 0 Å². The molecule has 3 rings (SSSR count). The van der Waals surface area contributed by atoms with E-state index in [1.165, 1.54) is 6.07 Å². The Morgan fingerprint density at radius 3 is 2.30 bits per heavy atom. The molecule has 0 fully saturated rings. The lowest BCUT2D eigenvalue weighted by molar-refractivity contribution is 0.102. The second-order valence-electron chi connectivity index (χ2n) is 7.45. The first-order valence-electron chi connectivity index (χ1n) is 9.83. The number of carbonyl (C=O) groups is 1. The Balaban J connectivity index is 1.99. The second-order valence-corrected chi connectivity index (χ2v) is 7.45. The number of rotatable bonds is 7. The van der Waals surface area contributed by atoms with Crippen LogP contribution in [0.15, 0.2) is 51.7 Å². The van der Waals surface area contributed by atoms with Gasteiger partial charge in [-0.15, -0.1) is 0 Å². The van der Waals surface area contributed by atoms with Crippen LogP contribution in [0.3, 0.4) is 0 Å². The van der Waals surface area contributed by atoms with Crippen molar-refractivity contribution in [3.63, 3.8) is 0 Å². The molecule has 0 atom stereocenters. The van der Waals surface area contributed by atoms with E-state index in [9.17, 15) is 9.59 Å². The van der Waals surface area contributed by atoms with E-state index in [0.29, 0.717) is 29.1 Å². The molecule has 0 aliphatic heterocycles. The zero-order chi connectivity index (χ0) is 21.8. The summed E-state index contributed by atoms with van der Waals surface area (Å²) in [6.45, 7) is 7.94. The highest BCUT2D eigenvalue weighted by Crippen LogP contribution is 2.36. The molecular formula is C23H26N2O5. The lowest BCUT2D eigenvalue weighted by Crippen LogP contribution is -2.21. The molecule has 158 valence electrons. The molecule has 2 aromatic carbocycles. The summed E-state index contributed by atoms with van der Waals surface area (Å²) in [6, 6.07) is 12.1. The van der Waals surface area contributed by atoms with Crippen LogP contribution in [0.4, 0.5) is 5.69 Å². The maximum atomic E-state index is 12.7. The van der Waals surface area contributed by atoms with Crippen LogP contribution in [0.2, 0.25) is 0 Å². The van der Waals surface area contributed by atoms with E-state index in [4.69, 9.17) is 19.6 Å². The van der Waals surface area contributed by atoms with E-state index in [-0.39, 0.29) is 23.4 Å². The van der Waals surface area contributed by atoms with Crippen LogP contribution < -0.4 is 26.1 Å². The van der Waals surface area contributed by atoms with Crippen molar-refractivity contribution in [1.82, 2.24) is 0 Å². The van der Waals surface area contributed by atoms with Crippen molar-refractivity contribution < 1.29 is 18.7 Å². The predicted molar refractivity (Wildman–Crippen MR) is 116 cm³/mol. The van der Waals surface area contributed by atoms with Crippen molar-refractivity contribution in [1.29, 1.82) is 0 Å². The fourth-order valence-corrected chi connectivity index (χ4v) is 2.92. The average molecular weight is 410 g/mol. The number of hydrogen-bond acceptors (Lipinski definition) is 6. The Morgan fingerprint density at radius 1 is 1.03 bits per heavy atom. The van der Waals surface area contributed by atoms with E-state index < -0.39 is 11.5 Å². The molecule has 30 heavy (non-hydrogen) atoms. The van der Waals surface area contributed by atoms with Gasteiger partial charge in [-0.05, 0) is 63.6 Å². The van der Waals surface area contributed by atoms with Crippen LogP contribution in [0.1, 0.15) is 43.6 Å². The molecule has 3 N–H and O–H groups in total. The smallest absolute Gasteiger partial charge is 0.349 e. The molecule has 0 bridgehead atoms. The second kappa shape index (κ2) is 9.00. The number of ether oxygens (including phenoxy) is 2. The van der Waals surface area contributed by atoms with Gasteiger partial charge in [0.05, 0.1) is 12.2 Å². The molecule has 0 spiro atoms. The molecule has 0 unspecified atom stereocenters. The van der Waals surface area contributed by atoms with Gasteiger partial charge in [0.25, 0.3) is 5.91 Å². The summed E-state index contributed by atoms with van der Waals surface area (Å²) >= 11 is 0. The fraction of sp³-hybridized carbons (Fsp3) is 0.304. The van der Waals surface area contributed by atoms with Crippen molar-refractivity contribution in [3.8, 4) is 11.5 Å². The molecular weight excluding hydrogens is 384 g/mol. The van der Waals surface area contributed by atoms with Gasteiger partial charge >= 0.3 is 5.63 Å². The van der Waals surface area contributed by atoms with Gasteiger partial charge < -0.3 is 24.9 Å². The van der Waals surface area contributed by atoms with Gasteiger partial charge in [0.2, 0.25) is 5.75 Å². The third-order valence-electron chi connectivity index (χ3n) is 4.23. The lowest BCUT2D eigenvalue weighted by Gasteiger charge is -2.18. The van der Waals surface area contributed by atoms with E-state index >= 15 is 0 Å². The third kappa shape index (κ3) is 4.80. The van der Waals surface area contributed by atoms with E-state index in [1.54, 1.807) is 24.3 Å². The molecule has 0 saturated heterocycles. The highest BCUT2D eigenvalue weighted by molar-refractivity contribution is 6.05. The number of hydrogen-bond donors (Lipinski definition) is 2. The molecule has 7 heteroatoms. The minimum Gasteiger partial charge on any atom is -0.487 e. The first kappa shape index (κ1) is 21.4. The average Bonchev–Trinajstić information content (AvgIpc) is 2.69. The maximum Gasteiger partial charge on any atom is 0.349 e. The molecule has 0 radical (unpaired) electrons. The largest absolute Gasteiger partial charge is 0.487 e. The van der Waals surface area contributed by atoms with Gasteiger partial charge in [-0.25, -0.2) is 4.79 Å². The molecule has 3 aromatic rings. The predicted octanol–water partition coefficient (Wildman–Crippen LogP) is 4.08. The monoisotopic (exact) mass is 410 g/mol. The number of anilines is 1. The van der Waals surface area contributed by atoms with E-state index in [1.807, 2.05) is 39.8 Å². The van der Waals surface area contributed by atoms with Crippen LogP contribution in [-0.4, -0.2) is 18.1 Å². The lowest BCUT2D eigenvalue weighted by atomic mass is 10.1. The zero-order valence-electron chi connectivity index (χ0n) is 17.5.